The molecule has 2 aromatic carbocycles. The van der Waals surface area contributed by atoms with Gasteiger partial charge in [-0.2, -0.15) is 0 Å². The van der Waals surface area contributed by atoms with E-state index in [4.69, 9.17) is 0 Å². The summed E-state index contributed by atoms with van der Waals surface area (Å²) in [6.45, 7) is 9.53. The number of hydrogen-bond donors (Lipinski definition) is 1. The Labute approximate surface area is 189 Å². The molecule has 0 saturated heterocycles. The number of rotatable bonds is 4. The van der Waals surface area contributed by atoms with Crippen molar-refractivity contribution in [3.63, 3.8) is 0 Å². The number of carbonyl (C=O) groups excluding carboxylic acids is 1. The Morgan fingerprint density at radius 3 is 2.22 bits per heavy atom. The van der Waals surface area contributed by atoms with E-state index in [1.807, 2.05) is 58.9 Å². The van der Waals surface area contributed by atoms with Crippen molar-refractivity contribution in [2.24, 2.45) is 0 Å². The van der Waals surface area contributed by atoms with E-state index in [2.05, 4.69) is 5.32 Å². The van der Waals surface area contributed by atoms with Crippen LogP contribution in [0.1, 0.15) is 27.8 Å². The van der Waals surface area contributed by atoms with Gasteiger partial charge in [-0.1, -0.05) is 35.4 Å². The Balaban J connectivity index is 1.82. The zero-order valence-corrected chi connectivity index (χ0v) is 19.6. The van der Waals surface area contributed by atoms with E-state index < -0.39 is 5.69 Å². The summed E-state index contributed by atoms with van der Waals surface area (Å²) < 4.78 is 2.99. The van der Waals surface area contributed by atoms with Crippen LogP contribution in [0, 0.1) is 34.6 Å². The molecule has 0 unspecified atom stereocenters. The highest BCUT2D eigenvalue weighted by Crippen LogP contribution is 2.22. The SMILES string of the molecule is Cc1ccc(-n2c(=O)c3sccc3n(CC(=O)Nc3c(C)cc(C)cc3C)c2=O)c(C)c1. The molecule has 0 fully saturated rings. The van der Waals surface area contributed by atoms with Gasteiger partial charge in [0.1, 0.15) is 11.2 Å². The zero-order valence-electron chi connectivity index (χ0n) is 18.8. The molecule has 2 aromatic heterocycles. The fraction of sp³-hybridized carbons (Fsp3) is 0.240. The monoisotopic (exact) mass is 447 g/mol. The summed E-state index contributed by atoms with van der Waals surface area (Å²) in [6, 6.07) is 11.3. The average molecular weight is 448 g/mol. The third kappa shape index (κ3) is 3.80. The van der Waals surface area contributed by atoms with Gasteiger partial charge in [0.05, 0.1) is 11.2 Å². The number of anilines is 1. The average Bonchev–Trinajstić information content (AvgIpc) is 3.19. The fourth-order valence-corrected chi connectivity index (χ4v) is 5.03. The van der Waals surface area contributed by atoms with Gasteiger partial charge in [0, 0.05) is 5.69 Å². The summed E-state index contributed by atoms with van der Waals surface area (Å²) >= 11 is 1.27. The first kappa shape index (κ1) is 21.8. The lowest BCUT2D eigenvalue weighted by Gasteiger charge is -2.16. The molecule has 0 aliphatic rings. The summed E-state index contributed by atoms with van der Waals surface area (Å²) in [5.41, 5.74) is 5.76. The quantitative estimate of drug-likeness (QED) is 0.504. The maximum atomic E-state index is 13.5. The second-order valence-corrected chi connectivity index (χ2v) is 9.17. The van der Waals surface area contributed by atoms with Crippen LogP contribution in [0.4, 0.5) is 5.69 Å². The predicted octanol–water partition coefficient (Wildman–Crippen LogP) is 4.39. The maximum absolute atomic E-state index is 13.5. The van der Waals surface area contributed by atoms with Gasteiger partial charge in [-0.3, -0.25) is 14.2 Å². The van der Waals surface area contributed by atoms with Crippen molar-refractivity contribution in [1.82, 2.24) is 9.13 Å². The second-order valence-electron chi connectivity index (χ2n) is 8.26. The minimum Gasteiger partial charge on any atom is -0.324 e. The lowest BCUT2D eigenvalue weighted by atomic mass is 10.1. The van der Waals surface area contributed by atoms with E-state index in [1.165, 1.54) is 20.5 Å². The van der Waals surface area contributed by atoms with E-state index in [9.17, 15) is 14.4 Å². The van der Waals surface area contributed by atoms with Crippen molar-refractivity contribution >= 4 is 33.1 Å². The van der Waals surface area contributed by atoms with Gasteiger partial charge in [-0.05, 0) is 68.8 Å². The molecule has 0 atom stereocenters. The van der Waals surface area contributed by atoms with Crippen LogP contribution in [0.5, 0.6) is 0 Å². The lowest BCUT2D eigenvalue weighted by Crippen LogP contribution is -2.40. The number of thiophene rings is 1. The number of aryl methyl sites for hydroxylation is 5. The Kier molecular flexibility index (Phi) is 5.60. The van der Waals surface area contributed by atoms with E-state index in [-0.39, 0.29) is 18.0 Å². The molecule has 0 bridgehead atoms. The Bertz CT molecular complexity index is 1470. The minimum atomic E-state index is -0.527. The van der Waals surface area contributed by atoms with Crippen LogP contribution in [0.15, 0.2) is 51.4 Å². The molecule has 6 nitrogen and oxygen atoms in total. The molecule has 4 rings (SSSR count). The molecule has 7 heteroatoms. The molecule has 2 heterocycles. The van der Waals surface area contributed by atoms with Crippen molar-refractivity contribution in [1.29, 1.82) is 0 Å². The van der Waals surface area contributed by atoms with Crippen LogP contribution in [0.25, 0.3) is 15.9 Å². The van der Waals surface area contributed by atoms with E-state index in [1.54, 1.807) is 17.5 Å². The lowest BCUT2D eigenvalue weighted by molar-refractivity contribution is -0.116. The summed E-state index contributed by atoms with van der Waals surface area (Å²) in [7, 11) is 0. The number of amides is 1. The second kappa shape index (κ2) is 8.24. The van der Waals surface area contributed by atoms with Gasteiger partial charge >= 0.3 is 5.69 Å². The fourth-order valence-electron chi connectivity index (χ4n) is 4.21. The summed E-state index contributed by atoms with van der Waals surface area (Å²) in [4.78, 5) is 39.6. The molecule has 0 aliphatic heterocycles. The Morgan fingerprint density at radius 2 is 1.56 bits per heavy atom. The molecule has 0 aliphatic carbocycles. The number of aromatic nitrogens is 2. The Hall–Kier alpha value is -3.45. The van der Waals surface area contributed by atoms with Gasteiger partial charge in [-0.15, -0.1) is 11.3 Å². The molecule has 0 saturated carbocycles. The Morgan fingerprint density at radius 1 is 0.906 bits per heavy atom. The van der Waals surface area contributed by atoms with E-state index >= 15 is 0 Å². The molecule has 0 spiro atoms. The normalized spacial score (nSPS) is 11.2. The highest BCUT2D eigenvalue weighted by Gasteiger charge is 2.19. The molecule has 32 heavy (non-hydrogen) atoms. The van der Waals surface area contributed by atoms with Crippen LogP contribution in [-0.2, 0) is 11.3 Å². The standard InChI is InChI=1S/C25H25N3O3S/c1-14-6-7-19(16(3)10-14)28-24(30)23-20(8-9-32-23)27(25(28)31)13-21(29)26-22-17(4)11-15(2)12-18(22)5/h6-12H,13H2,1-5H3,(H,26,29). The molecular formula is C25H25N3O3S. The number of carbonyl (C=O) groups is 1. The molecule has 4 aromatic rings. The predicted molar refractivity (Wildman–Crippen MR) is 130 cm³/mol. The van der Waals surface area contributed by atoms with Crippen molar-refractivity contribution in [3.8, 4) is 5.69 Å². The summed E-state index contributed by atoms with van der Waals surface area (Å²) in [6.07, 6.45) is 0. The van der Waals surface area contributed by atoms with Gasteiger partial charge in [0.2, 0.25) is 5.91 Å². The van der Waals surface area contributed by atoms with Crippen molar-refractivity contribution < 1.29 is 4.79 Å². The third-order valence-electron chi connectivity index (χ3n) is 5.59. The molecule has 0 radical (unpaired) electrons. The van der Waals surface area contributed by atoms with Gasteiger partial charge in [-0.25, -0.2) is 9.36 Å². The van der Waals surface area contributed by atoms with E-state index in [0.717, 1.165) is 33.5 Å². The van der Waals surface area contributed by atoms with Gasteiger partial charge in [0.15, 0.2) is 0 Å². The molecule has 1 amide bonds. The minimum absolute atomic E-state index is 0.190. The van der Waals surface area contributed by atoms with E-state index in [0.29, 0.717) is 15.9 Å². The smallest absolute Gasteiger partial charge is 0.324 e. The van der Waals surface area contributed by atoms with Crippen molar-refractivity contribution in [2.75, 3.05) is 5.32 Å². The van der Waals surface area contributed by atoms with Crippen LogP contribution in [-0.4, -0.2) is 15.0 Å². The van der Waals surface area contributed by atoms with Gasteiger partial charge in [0.25, 0.3) is 5.56 Å². The summed E-state index contributed by atoms with van der Waals surface area (Å²) in [5.74, 6) is -0.319. The number of nitrogens with zero attached hydrogens (tertiary/aromatic N) is 2. The largest absolute Gasteiger partial charge is 0.336 e. The highest BCUT2D eigenvalue weighted by molar-refractivity contribution is 7.17. The zero-order chi connectivity index (χ0) is 23.2. The number of hydrogen-bond acceptors (Lipinski definition) is 4. The van der Waals surface area contributed by atoms with Crippen molar-refractivity contribution in [2.45, 2.75) is 41.2 Å². The first-order chi connectivity index (χ1) is 15.2. The van der Waals surface area contributed by atoms with Crippen LogP contribution < -0.4 is 16.6 Å². The first-order valence-electron chi connectivity index (χ1n) is 10.4. The third-order valence-corrected chi connectivity index (χ3v) is 6.48. The highest BCUT2D eigenvalue weighted by atomic mass is 32.1. The van der Waals surface area contributed by atoms with Crippen molar-refractivity contribution in [3.05, 3.63) is 90.4 Å². The number of benzene rings is 2. The number of nitrogens with one attached hydrogen (secondary N) is 1. The topological polar surface area (TPSA) is 73.1 Å². The molecular weight excluding hydrogens is 422 g/mol. The number of fused-ring (bicyclic) bond motifs is 1. The van der Waals surface area contributed by atoms with Gasteiger partial charge < -0.3 is 5.32 Å². The molecule has 1 N–H and O–H groups in total. The van der Waals surface area contributed by atoms with Crippen LogP contribution in [0.3, 0.4) is 0 Å². The van der Waals surface area contributed by atoms with Crippen LogP contribution >= 0.6 is 11.3 Å². The maximum Gasteiger partial charge on any atom is 0.336 e. The first-order valence-corrected chi connectivity index (χ1v) is 11.2. The van der Waals surface area contributed by atoms with Crippen LogP contribution in [0.2, 0.25) is 0 Å². The molecule has 164 valence electrons. The summed E-state index contributed by atoms with van der Waals surface area (Å²) in [5, 5.41) is 4.71.